The van der Waals surface area contributed by atoms with Crippen LogP contribution in [-0.4, -0.2) is 30.4 Å². The highest BCUT2D eigenvalue weighted by atomic mass is 35.5. The molecule has 1 amide bonds. The molecule has 1 atom stereocenters. The maximum atomic E-state index is 12.3. The highest BCUT2D eigenvalue weighted by molar-refractivity contribution is 6.35. The minimum atomic E-state index is -0.0162. The van der Waals surface area contributed by atoms with Crippen molar-refractivity contribution in [1.82, 2.24) is 4.90 Å². The van der Waals surface area contributed by atoms with Gasteiger partial charge in [-0.3, -0.25) is 4.79 Å². The van der Waals surface area contributed by atoms with Gasteiger partial charge in [-0.2, -0.15) is 0 Å². The van der Waals surface area contributed by atoms with E-state index in [1.165, 1.54) is 0 Å². The number of halogens is 3. The summed E-state index contributed by atoms with van der Waals surface area (Å²) in [5.74, 6) is 0.384. The molecule has 1 saturated heterocycles. The molecule has 0 spiro atoms. The molecule has 0 bridgehead atoms. The Labute approximate surface area is 129 Å². The van der Waals surface area contributed by atoms with Gasteiger partial charge in [0.25, 0.3) is 5.91 Å². The predicted molar refractivity (Wildman–Crippen MR) is 81.4 cm³/mol. The lowest BCUT2D eigenvalue weighted by Gasteiger charge is -2.32. The van der Waals surface area contributed by atoms with E-state index in [0.717, 1.165) is 25.9 Å². The first-order valence-corrected chi connectivity index (χ1v) is 6.81. The van der Waals surface area contributed by atoms with E-state index < -0.39 is 0 Å². The first-order chi connectivity index (χ1) is 8.60. The van der Waals surface area contributed by atoms with E-state index in [2.05, 4.69) is 0 Å². The third kappa shape index (κ3) is 4.25. The molecule has 1 aromatic carbocycles. The number of carbonyl (C=O) groups excluding carboxylic acids is 1. The number of hydrogen-bond donors (Lipinski definition) is 1. The van der Waals surface area contributed by atoms with Crippen LogP contribution in [0.5, 0.6) is 0 Å². The number of hydrogen-bond acceptors (Lipinski definition) is 2. The van der Waals surface area contributed by atoms with Crippen LogP contribution in [0.3, 0.4) is 0 Å². The molecule has 0 aromatic heterocycles. The first-order valence-electron chi connectivity index (χ1n) is 6.05. The third-order valence-electron chi connectivity index (χ3n) is 3.25. The summed E-state index contributed by atoms with van der Waals surface area (Å²) in [5.41, 5.74) is 6.22. The summed E-state index contributed by atoms with van der Waals surface area (Å²) in [4.78, 5) is 14.2. The molecular formula is C13H17Cl3N2O. The van der Waals surface area contributed by atoms with Gasteiger partial charge >= 0.3 is 0 Å². The summed E-state index contributed by atoms with van der Waals surface area (Å²) in [5, 5.41) is 0.969. The molecule has 0 radical (unpaired) electrons. The van der Waals surface area contributed by atoms with Gasteiger partial charge in [0.05, 0.1) is 0 Å². The van der Waals surface area contributed by atoms with Crippen LogP contribution < -0.4 is 5.73 Å². The Balaban J connectivity index is 0.00000180. The fourth-order valence-corrected chi connectivity index (χ4v) is 2.83. The van der Waals surface area contributed by atoms with E-state index in [1.807, 2.05) is 4.90 Å². The van der Waals surface area contributed by atoms with Gasteiger partial charge in [0.1, 0.15) is 0 Å². The van der Waals surface area contributed by atoms with Gasteiger partial charge in [0.15, 0.2) is 0 Å². The van der Waals surface area contributed by atoms with Crippen molar-refractivity contribution in [2.75, 3.05) is 19.6 Å². The molecule has 1 aliphatic rings. The first kappa shape index (κ1) is 16.6. The van der Waals surface area contributed by atoms with Crippen LogP contribution in [0, 0.1) is 5.92 Å². The largest absolute Gasteiger partial charge is 0.338 e. The summed E-state index contributed by atoms with van der Waals surface area (Å²) in [6.45, 7) is 2.12. The molecule has 1 fully saturated rings. The van der Waals surface area contributed by atoms with E-state index in [1.54, 1.807) is 18.2 Å². The Kier molecular flexibility index (Phi) is 6.40. The quantitative estimate of drug-likeness (QED) is 0.908. The second-order valence-electron chi connectivity index (χ2n) is 4.65. The van der Waals surface area contributed by atoms with Crippen LogP contribution in [0.15, 0.2) is 18.2 Å². The topological polar surface area (TPSA) is 46.3 Å². The fraction of sp³-hybridized carbons (Fsp3) is 0.462. The van der Waals surface area contributed by atoms with E-state index >= 15 is 0 Å². The summed E-state index contributed by atoms with van der Waals surface area (Å²) in [6.07, 6.45) is 2.10. The van der Waals surface area contributed by atoms with Gasteiger partial charge in [-0.1, -0.05) is 23.2 Å². The molecule has 1 heterocycles. The van der Waals surface area contributed by atoms with Crippen LogP contribution in [0.4, 0.5) is 0 Å². The normalized spacial score (nSPS) is 18.9. The molecule has 1 aliphatic heterocycles. The highest BCUT2D eigenvalue weighted by Crippen LogP contribution is 2.22. The summed E-state index contributed by atoms with van der Waals surface area (Å²) < 4.78 is 0. The fourth-order valence-electron chi connectivity index (χ4n) is 2.30. The summed E-state index contributed by atoms with van der Waals surface area (Å²) in [6, 6.07) is 4.93. The molecule has 1 unspecified atom stereocenters. The average Bonchev–Trinajstić information content (AvgIpc) is 2.37. The van der Waals surface area contributed by atoms with Crippen molar-refractivity contribution in [2.24, 2.45) is 11.7 Å². The lowest BCUT2D eigenvalue weighted by molar-refractivity contribution is 0.0678. The number of carbonyl (C=O) groups is 1. The van der Waals surface area contributed by atoms with Crippen molar-refractivity contribution in [3.63, 3.8) is 0 Å². The Morgan fingerprint density at radius 1 is 1.32 bits per heavy atom. The van der Waals surface area contributed by atoms with Crippen LogP contribution in [-0.2, 0) is 0 Å². The number of piperidine rings is 1. The van der Waals surface area contributed by atoms with Crippen molar-refractivity contribution in [1.29, 1.82) is 0 Å². The Bertz CT molecular complexity index is 433. The van der Waals surface area contributed by atoms with E-state index in [9.17, 15) is 4.79 Å². The molecule has 1 aromatic rings. The molecule has 2 N–H and O–H groups in total. The zero-order valence-electron chi connectivity index (χ0n) is 10.4. The van der Waals surface area contributed by atoms with Gasteiger partial charge in [-0.05, 0) is 43.5 Å². The highest BCUT2D eigenvalue weighted by Gasteiger charge is 2.23. The van der Waals surface area contributed by atoms with Crippen molar-refractivity contribution in [3.8, 4) is 0 Å². The lowest BCUT2D eigenvalue weighted by Crippen LogP contribution is -2.42. The maximum Gasteiger partial charge on any atom is 0.253 e. The predicted octanol–water partition coefficient (Wildman–Crippen LogP) is 3.23. The molecule has 19 heavy (non-hydrogen) atoms. The molecular weight excluding hydrogens is 307 g/mol. The molecule has 0 saturated carbocycles. The van der Waals surface area contributed by atoms with Gasteiger partial charge in [-0.25, -0.2) is 0 Å². The number of amides is 1. The van der Waals surface area contributed by atoms with Gasteiger partial charge < -0.3 is 10.6 Å². The van der Waals surface area contributed by atoms with Crippen LogP contribution >= 0.6 is 35.6 Å². The van der Waals surface area contributed by atoms with E-state index in [4.69, 9.17) is 28.9 Å². The maximum absolute atomic E-state index is 12.3. The Morgan fingerprint density at radius 3 is 2.53 bits per heavy atom. The Hall–Kier alpha value is -0.480. The van der Waals surface area contributed by atoms with Crippen molar-refractivity contribution in [3.05, 3.63) is 33.8 Å². The van der Waals surface area contributed by atoms with Gasteiger partial charge in [0, 0.05) is 28.7 Å². The second kappa shape index (κ2) is 7.34. The summed E-state index contributed by atoms with van der Waals surface area (Å²) >= 11 is 11.8. The smallest absolute Gasteiger partial charge is 0.253 e. The molecule has 3 nitrogen and oxygen atoms in total. The van der Waals surface area contributed by atoms with Gasteiger partial charge in [0.2, 0.25) is 0 Å². The minimum absolute atomic E-state index is 0. The van der Waals surface area contributed by atoms with Gasteiger partial charge in [-0.15, -0.1) is 12.4 Å². The van der Waals surface area contributed by atoms with E-state index in [0.29, 0.717) is 28.1 Å². The number of benzene rings is 1. The van der Waals surface area contributed by atoms with E-state index in [-0.39, 0.29) is 18.3 Å². The number of likely N-dealkylation sites (tertiary alicyclic amines) is 1. The molecule has 106 valence electrons. The number of rotatable bonds is 2. The van der Waals surface area contributed by atoms with Crippen molar-refractivity contribution >= 4 is 41.5 Å². The standard InChI is InChI=1S/C13H16Cl2N2O.ClH/c14-11-4-10(5-12(15)6-11)13(18)17-3-1-2-9(7-16)8-17;/h4-6,9H,1-3,7-8,16H2;1H. The Morgan fingerprint density at radius 2 is 1.95 bits per heavy atom. The van der Waals surface area contributed by atoms with Crippen LogP contribution in [0.1, 0.15) is 23.2 Å². The second-order valence-corrected chi connectivity index (χ2v) is 5.53. The summed E-state index contributed by atoms with van der Waals surface area (Å²) in [7, 11) is 0. The SMILES string of the molecule is Cl.NCC1CCCN(C(=O)c2cc(Cl)cc(Cl)c2)C1. The third-order valence-corrected chi connectivity index (χ3v) is 3.69. The minimum Gasteiger partial charge on any atom is -0.338 e. The lowest BCUT2D eigenvalue weighted by atomic mass is 9.97. The number of nitrogens with two attached hydrogens (primary N) is 1. The zero-order valence-corrected chi connectivity index (χ0v) is 12.8. The monoisotopic (exact) mass is 322 g/mol. The molecule has 2 rings (SSSR count). The van der Waals surface area contributed by atoms with Crippen molar-refractivity contribution in [2.45, 2.75) is 12.8 Å². The van der Waals surface area contributed by atoms with Crippen LogP contribution in [0.2, 0.25) is 10.0 Å². The molecule has 6 heteroatoms. The van der Waals surface area contributed by atoms with Crippen molar-refractivity contribution < 1.29 is 4.79 Å². The van der Waals surface area contributed by atoms with Crippen LogP contribution in [0.25, 0.3) is 0 Å². The number of nitrogens with zero attached hydrogens (tertiary/aromatic N) is 1. The average molecular weight is 324 g/mol. The zero-order chi connectivity index (χ0) is 13.1. The molecule has 0 aliphatic carbocycles.